The van der Waals surface area contributed by atoms with Crippen LogP contribution in [0.4, 0.5) is 0 Å². The van der Waals surface area contributed by atoms with Crippen molar-refractivity contribution in [3.63, 3.8) is 0 Å². The molecule has 0 amide bonds. The van der Waals surface area contributed by atoms with Gasteiger partial charge in [-0.25, -0.2) is 0 Å². The van der Waals surface area contributed by atoms with Crippen molar-refractivity contribution in [2.45, 2.75) is 23.1 Å². The summed E-state index contributed by atoms with van der Waals surface area (Å²) in [5, 5.41) is 7.46. The van der Waals surface area contributed by atoms with Gasteiger partial charge >= 0.3 is 0 Å². The fourth-order valence-electron chi connectivity index (χ4n) is 3.37. The summed E-state index contributed by atoms with van der Waals surface area (Å²) in [6, 6.07) is 11.2. The van der Waals surface area contributed by atoms with E-state index in [1.807, 2.05) is 18.8 Å². The van der Waals surface area contributed by atoms with Crippen molar-refractivity contribution in [2.75, 3.05) is 52.9 Å². The number of rotatable bonds is 6. The first kappa shape index (κ1) is 20.8. The van der Waals surface area contributed by atoms with E-state index in [0.29, 0.717) is 11.3 Å². The Morgan fingerprint density at radius 2 is 1.92 bits per heavy atom. The van der Waals surface area contributed by atoms with Crippen molar-refractivity contribution in [3.05, 3.63) is 30.3 Å². The molecule has 3 fully saturated rings. The van der Waals surface area contributed by atoms with Gasteiger partial charge in [0.1, 0.15) is 0 Å². The lowest BCUT2D eigenvalue weighted by molar-refractivity contribution is 0.0154. The molecular formula is C18H30IN5S. The first-order valence-electron chi connectivity index (χ1n) is 8.87. The summed E-state index contributed by atoms with van der Waals surface area (Å²) in [6.07, 6.45) is 0. The number of nitrogens with one attached hydrogen (secondary N) is 2. The molecule has 1 aromatic rings. The summed E-state index contributed by atoms with van der Waals surface area (Å²) in [5.74, 6) is 0.910. The van der Waals surface area contributed by atoms with Crippen molar-refractivity contribution < 1.29 is 0 Å². The molecule has 2 bridgehead atoms. The molecule has 5 nitrogen and oxygen atoms in total. The molecule has 2 N–H and O–H groups in total. The quantitative estimate of drug-likeness (QED) is 0.285. The third kappa shape index (κ3) is 6.30. The van der Waals surface area contributed by atoms with Gasteiger partial charge in [-0.1, -0.05) is 25.1 Å². The van der Waals surface area contributed by atoms with E-state index in [4.69, 9.17) is 0 Å². The van der Waals surface area contributed by atoms with Crippen LogP contribution in [0.1, 0.15) is 6.92 Å². The van der Waals surface area contributed by atoms with Crippen LogP contribution in [0.2, 0.25) is 0 Å². The van der Waals surface area contributed by atoms with E-state index >= 15 is 0 Å². The molecule has 3 saturated heterocycles. The van der Waals surface area contributed by atoms with Crippen LogP contribution in [0.15, 0.2) is 40.2 Å². The van der Waals surface area contributed by atoms with E-state index in [1.165, 1.54) is 37.6 Å². The molecule has 3 heterocycles. The second-order valence-corrected chi connectivity index (χ2v) is 8.08. The number of hydrogen-bond acceptors (Lipinski definition) is 4. The summed E-state index contributed by atoms with van der Waals surface area (Å²) in [7, 11) is 1.85. The van der Waals surface area contributed by atoms with E-state index < -0.39 is 0 Å². The maximum Gasteiger partial charge on any atom is 0.191 e. The summed E-state index contributed by atoms with van der Waals surface area (Å²) >= 11 is 1.89. The Labute approximate surface area is 173 Å². The SMILES string of the molecule is CN=C(NCC(C)Sc1ccccc1)NCC1CN2CCN1CC2.I. The normalized spacial score (nSPS) is 26.6. The fourth-order valence-corrected chi connectivity index (χ4v) is 4.31. The summed E-state index contributed by atoms with van der Waals surface area (Å²) in [6.45, 7) is 10.2. The fraction of sp³-hybridized carbons (Fsp3) is 0.611. The molecule has 0 spiro atoms. The van der Waals surface area contributed by atoms with Crippen molar-refractivity contribution in [1.82, 2.24) is 20.4 Å². The predicted molar refractivity (Wildman–Crippen MR) is 118 cm³/mol. The third-order valence-corrected chi connectivity index (χ3v) is 5.87. The van der Waals surface area contributed by atoms with E-state index in [0.717, 1.165) is 19.0 Å². The predicted octanol–water partition coefficient (Wildman–Crippen LogP) is 1.95. The van der Waals surface area contributed by atoms with Crippen molar-refractivity contribution in [2.24, 2.45) is 4.99 Å². The molecule has 7 heteroatoms. The lowest BCUT2D eigenvalue weighted by Crippen LogP contribution is -2.63. The molecule has 0 aromatic heterocycles. The smallest absolute Gasteiger partial charge is 0.191 e. The Hall–Kier alpha value is -0.510. The molecule has 0 aliphatic carbocycles. The zero-order chi connectivity index (χ0) is 16.8. The average Bonchev–Trinajstić information content (AvgIpc) is 2.64. The van der Waals surface area contributed by atoms with E-state index in [2.05, 4.69) is 62.7 Å². The van der Waals surface area contributed by atoms with Crippen LogP contribution in [-0.2, 0) is 0 Å². The Kier molecular flexibility index (Phi) is 8.81. The Morgan fingerprint density at radius 1 is 1.20 bits per heavy atom. The second-order valence-electron chi connectivity index (χ2n) is 6.57. The Morgan fingerprint density at radius 3 is 2.52 bits per heavy atom. The highest BCUT2D eigenvalue weighted by Crippen LogP contribution is 2.21. The minimum absolute atomic E-state index is 0. The highest BCUT2D eigenvalue weighted by molar-refractivity contribution is 14.0. The number of benzene rings is 1. The van der Waals surface area contributed by atoms with Gasteiger partial charge in [-0.05, 0) is 12.1 Å². The van der Waals surface area contributed by atoms with Gasteiger partial charge in [0.2, 0.25) is 0 Å². The third-order valence-electron chi connectivity index (χ3n) is 4.76. The number of aliphatic imine (C=N–C) groups is 1. The highest BCUT2D eigenvalue weighted by Gasteiger charge is 2.31. The Balaban J connectivity index is 0.00000225. The first-order valence-corrected chi connectivity index (χ1v) is 9.75. The lowest BCUT2D eigenvalue weighted by Gasteiger charge is -2.47. The van der Waals surface area contributed by atoms with Gasteiger partial charge in [-0.2, -0.15) is 0 Å². The van der Waals surface area contributed by atoms with Gasteiger partial charge in [-0.15, -0.1) is 35.7 Å². The van der Waals surface area contributed by atoms with E-state index in [1.54, 1.807) is 0 Å². The number of hydrogen-bond donors (Lipinski definition) is 2. The van der Waals surface area contributed by atoms with Gasteiger partial charge in [0.25, 0.3) is 0 Å². The van der Waals surface area contributed by atoms with Gasteiger partial charge in [0, 0.05) is 69.0 Å². The molecule has 3 aliphatic rings. The zero-order valence-electron chi connectivity index (χ0n) is 15.1. The maximum atomic E-state index is 4.37. The number of fused-ring (bicyclic) bond motifs is 3. The summed E-state index contributed by atoms with van der Waals surface area (Å²) in [4.78, 5) is 10.9. The standard InChI is InChI=1S/C18H29N5S.HI/c1-15(24-17-6-4-3-5-7-17)12-20-18(19-2)21-13-16-14-22-8-10-23(16)11-9-22;/h3-7,15-16H,8-14H2,1-2H3,(H2,19,20,21);1H. The van der Waals surface area contributed by atoms with Crippen molar-refractivity contribution in [3.8, 4) is 0 Å². The summed E-state index contributed by atoms with van der Waals surface area (Å²) in [5.41, 5.74) is 0. The maximum absolute atomic E-state index is 4.37. The number of thioether (sulfide) groups is 1. The average molecular weight is 475 g/mol. The zero-order valence-corrected chi connectivity index (χ0v) is 18.3. The van der Waals surface area contributed by atoms with Gasteiger partial charge in [0.15, 0.2) is 5.96 Å². The van der Waals surface area contributed by atoms with Crippen LogP contribution < -0.4 is 10.6 Å². The van der Waals surface area contributed by atoms with Crippen LogP contribution in [0.5, 0.6) is 0 Å². The molecule has 0 radical (unpaired) electrons. The second kappa shape index (κ2) is 10.6. The molecular weight excluding hydrogens is 445 g/mol. The molecule has 4 rings (SSSR count). The van der Waals surface area contributed by atoms with Crippen LogP contribution in [0, 0.1) is 0 Å². The largest absolute Gasteiger partial charge is 0.355 e. The highest BCUT2D eigenvalue weighted by atomic mass is 127. The van der Waals surface area contributed by atoms with Gasteiger partial charge < -0.3 is 10.6 Å². The van der Waals surface area contributed by atoms with Crippen LogP contribution >= 0.6 is 35.7 Å². The van der Waals surface area contributed by atoms with Crippen LogP contribution in [-0.4, -0.2) is 79.9 Å². The topological polar surface area (TPSA) is 42.9 Å². The van der Waals surface area contributed by atoms with E-state index in [-0.39, 0.29) is 24.0 Å². The van der Waals surface area contributed by atoms with Crippen LogP contribution in [0.3, 0.4) is 0 Å². The molecule has 2 unspecified atom stereocenters. The molecule has 1 aromatic carbocycles. The van der Waals surface area contributed by atoms with Gasteiger partial charge in [0.05, 0.1) is 0 Å². The molecule has 0 saturated carbocycles. The Bertz CT molecular complexity index is 534. The molecule has 3 aliphatic heterocycles. The lowest BCUT2D eigenvalue weighted by atomic mass is 10.1. The van der Waals surface area contributed by atoms with Crippen LogP contribution in [0.25, 0.3) is 0 Å². The van der Waals surface area contributed by atoms with Crippen molar-refractivity contribution in [1.29, 1.82) is 0 Å². The van der Waals surface area contributed by atoms with Gasteiger partial charge in [-0.3, -0.25) is 14.8 Å². The number of piperazine rings is 3. The first-order chi connectivity index (χ1) is 11.7. The number of guanidine groups is 1. The van der Waals surface area contributed by atoms with E-state index in [9.17, 15) is 0 Å². The number of nitrogens with zero attached hydrogens (tertiary/aromatic N) is 3. The number of halogens is 1. The minimum Gasteiger partial charge on any atom is -0.355 e. The molecule has 25 heavy (non-hydrogen) atoms. The summed E-state index contributed by atoms with van der Waals surface area (Å²) < 4.78 is 0. The minimum atomic E-state index is 0. The molecule has 140 valence electrons. The monoisotopic (exact) mass is 475 g/mol. The molecule has 2 atom stereocenters. The van der Waals surface area contributed by atoms with Crippen molar-refractivity contribution >= 4 is 41.7 Å².